The van der Waals surface area contributed by atoms with Gasteiger partial charge >= 0.3 is 0 Å². The van der Waals surface area contributed by atoms with E-state index in [0.29, 0.717) is 0 Å². The molecule has 4 heterocycles. The summed E-state index contributed by atoms with van der Waals surface area (Å²) in [6.07, 6.45) is 1.04. The first kappa shape index (κ1) is 11.0. The summed E-state index contributed by atoms with van der Waals surface area (Å²) >= 11 is 1.68. The summed E-state index contributed by atoms with van der Waals surface area (Å²) in [6, 6.07) is 2.10. The second kappa shape index (κ2) is 3.84. The SMILES string of the molecule is Cc1cc(C)c2c3c(sc2n1)C1=NCCCN1N=N3. The topological polar surface area (TPSA) is 53.2 Å². The van der Waals surface area contributed by atoms with E-state index < -0.39 is 0 Å². The zero-order valence-electron chi connectivity index (χ0n) is 10.8. The summed E-state index contributed by atoms with van der Waals surface area (Å²) in [5.41, 5.74) is 3.20. The van der Waals surface area contributed by atoms with Crippen molar-refractivity contribution in [2.75, 3.05) is 13.1 Å². The third kappa shape index (κ3) is 1.53. The van der Waals surface area contributed by atoms with Crippen LogP contribution in [-0.4, -0.2) is 28.9 Å². The van der Waals surface area contributed by atoms with Crippen molar-refractivity contribution in [1.29, 1.82) is 0 Å². The zero-order chi connectivity index (χ0) is 13.0. The number of nitrogens with zero attached hydrogens (tertiary/aromatic N) is 5. The van der Waals surface area contributed by atoms with E-state index in [1.54, 1.807) is 11.3 Å². The number of hydrogen-bond donors (Lipinski definition) is 0. The molecule has 0 saturated heterocycles. The molecule has 0 bridgehead atoms. The van der Waals surface area contributed by atoms with Gasteiger partial charge in [0.15, 0.2) is 5.84 Å². The molecule has 0 aliphatic carbocycles. The summed E-state index contributed by atoms with van der Waals surface area (Å²) in [6.45, 7) is 5.91. The highest BCUT2D eigenvalue weighted by Gasteiger charge is 2.28. The normalized spacial score (nSPS) is 17.4. The number of aromatic nitrogens is 1. The predicted octanol–water partition coefficient (Wildman–Crippen LogP) is 3.38. The highest BCUT2D eigenvalue weighted by atomic mass is 32.1. The number of amidine groups is 1. The van der Waals surface area contributed by atoms with Gasteiger partial charge in [0.1, 0.15) is 15.4 Å². The molecule has 2 aliphatic rings. The number of rotatable bonds is 0. The minimum atomic E-state index is 0.875. The lowest BCUT2D eigenvalue weighted by atomic mass is 10.1. The molecule has 6 heteroatoms. The van der Waals surface area contributed by atoms with Gasteiger partial charge in [-0.05, 0) is 31.9 Å². The molecule has 2 aromatic heterocycles. The van der Waals surface area contributed by atoms with Gasteiger partial charge in [0.2, 0.25) is 0 Å². The highest BCUT2D eigenvalue weighted by molar-refractivity contribution is 7.21. The van der Waals surface area contributed by atoms with Crippen molar-refractivity contribution in [3.8, 4) is 0 Å². The highest BCUT2D eigenvalue weighted by Crippen LogP contribution is 2.42. The Balaban J connectivity index is 2.05. The number of pyridine rings is 1. The third-order valence-corrected chi connectivity index (χ3v) is 4.52. The van der Waals surface area contributed by atoms with Crippen LogP contribution in [0.15, 0.2) is 21.4 Å². The largest absolute Gasteiger partial charge is 0.266 e. The predicted molar refractivity (Wildman–Crippen MR) is 76.3 cm³/mol. The molecule has 0 spiro atoms. The maximum absolute atomic E-state index is 4.62. The van der Waals surface area contributed by atoms with Crippen molar-refractivity contribution in [3.63, 3.8) is 0 Å². The third-order valence-electron chi connectivity index (χ3n) is 3.45. The molecule has 0 aromatic carbocycles. The molecular weight excluding hydrogens is 258 g/mol. The standard InChI is InChI=1S/C13H13N5S/c1-7-6-8(2)15-13-9(7)10-11(19-13)12-14-4-3-5-18(12)17-16-10/h6H,3-5H2,1-2H3. The van der Waals surface area contributed by atoms with E-state index in [2.05, 4.69) is 33.3 Å². The van der Waals surface area contributed by atoms with Crippen LogP contribution in [0, 0.1) is 13.8 Å². The average Bonchev–Trinajstić information content (AvgIpc) is 2.77. The Morgan fingerprint density at radius 2 is 2.21 bits per heavy atom. The van der Waals surface area contributed by atoms with Crippen LogP contribution in [0.3, 0.4) is 0 Å². The van der Waals surface area contributed by atoms with E-state index in [9.17, 15) is 0 Å². The van der Waals surface area contributed by atoms with Gasteiger partial charge in [0.05, 0.1) is 0 Å². The molecule has 19 heavy (non-hydrogen) atoms. The van der Waals surface area contributed by atoms with E-state index in [1.165, 1.54) is 5.56 Å². The lowest BCUT2D eigenvalue weighted by Crippen LogP contribution is -2.32. The summed E-state index contributed by atoms with van der Waals surface area (Å²) < 4.78 is 0. The number of fused-ring (bicyclic) bond motifs is 5. The smallest absolute Gasteiger partial charge is 0.165 e. The van der Waals surface area contributed by atoms with Crippen LogP contribution in [0.5, 0.6) is 0 Å². The van der Waals surface area contributed by atoms with E-state index in [4.69, 9.17) is 0 Å². The van der Waals surface area contributed by atoms with E-state index in [1.807, 2.05) is 11.9 Å². The molecular formula is C13H13N5S. The van der Waals surface area contributed by atoms with Crippen molar-refractivity contribution in [2.24, 2.45) is 15.3 Å². The maximum Gasteiger partial charge on any atom is 0.165 e. The molecule has 0 atom stereocenters. The van der Waals surface area contributed by atoms with Gasteiger partial charge in [-0.3, -0.25) is 4.99 Å². The molecule has 0 fully saturated rings. The number of hydrogen-bond acceptors (Lipinski definition) is 6. The fraction of sp³-hybridized carbons (Fsp3) is 0.385. The lowest BCUT2D eigenvalue weighted by Gasteiger charge is -2.25. The van der Waals surface area contributed by atoms with Crippen molar-refractivity contribution in [3.05, 3.63) is 22.2 Å². The van der Waals surface area contributed by atoms with Crippen molar-refractivity contribution in [1.82, 2.24) is 9.99 Å². The zero-order valence-corrected chi connectivity index (χ0v) is 11.7. The molecule has 5 nitrogen and oxygen atoms in total. The second-order valence-corrected chi connectivity index (χ2v) is 5.91. The summed E-state index contributed by atoms with van der Waals surface area (Å²) in [5, 5.41) is 11.7. The van der Waals surface area contributed by atoms with Gasteiger partial charge in [0, 0.05) is 24.2 Å². The fourth-order valence-electron chi connectivity index (χ4n) is 2.64. The van der Waals surface area contributed by atoms with E-state index in [0.717, 1.165) is 51.8 Å². The first-order valence-corrected chi connectivity index (χ1v) is 7.20. The van der Waals surface area contributed by atoms with Crippen LogP contribution in [-0.2, 0) is 0 Å². The first-order chi connectivity index (χ1) is 9.24. The molecule has 2 aromatic rings. The molecule has 2 aliphatic heterocycles. The minimum Gasteiger partial charge on any atom is -0.266 e. The summed E-state index contributed by atoms with van der Waals surface area (Å²) in [4.78, 5) is 11.4. The van der Waals surface area contributed by atoms with Crippen LogP contribution in [0.4, 0.5) is 5.69 Å². The Hall–Kier alpha value is -1.82. The monoisotopic (exact) mass is 271 g/mol. The van der Waals surface area contributed by atoms with Gasteiger partial charge in [-0.1, -0.05) is 5.22 Å². The maximum atomic E-state index is 4.62. The van der Waals surface area contributed by atoms with Gasteiger partial charge in [0.25, 0.3) is 0 Å². The number of aliphatic imine (C=N–C) groups is 1. The van der Waals surface area contributed by atoms with Gasteiger partial charge < -0.3 is 0 Å². The fourth-order valence-corrected chi connectivity index (χ4v) is 3.88. The Morgan fingerprint density at radius 1 is 1.32 bits per heavy atom. The Kier molecular flexibility index (Phi) is 2.23. The lowest BCUT2D eigenvalue weighted by molar-refractivity contribution is 0.390. The van der Waals surface area contributed by atoms with Crippen LogP contribution in [0.25, 0.3) is 10.2 Å². The average molecular weight is 271 g/mol. The van der Waals surface area contributed by atoms with E-state index >= 15 is 0 Å². The quantitative estimate of drug-likeness (QED) is 0.737. The van der Waals surface area contributed by atoms with E-state index in [-0.39, 0.29) is 0 Å². The van der Waals surface area contributed by atoms with Crippen LogP contribution in [0.2, 0.25) is 0 Å². The Morgan fingerprint density at radius 3 is 3.11 bits per heavy atom. The van der Waals surface area contributed by atoms with Gasteiger partial charge in [-0.15, -0.1) is 16.5 Å². The molecule has 4 rings (SSSR count). The van der Waals surface area contributed by atoms with Gasteiger partial charge in [-0.25, -0.2) is 9.99 Å². The first-order valence-electron chi connectivity index (χ1n) is 6.39. The van der Waals surface area contributed by atoms with Crippen molar-refractivity contribution in [2.45, 2.75) is 20.3 Å². The van der Waals surface area contributed by atoms with Crippen molar-refractivity contribution < 1.29 is 0 Å². The molecule has 0 radical (unpaired) electrons. The molecule has 0 amide bonds. The molecule has 96 valence electrons. The van der Waals surface area contributed by atoms with Crippen molar-refractivity contribution >= 4 is 33.1 Å². The van der Waals surface area contributed by atoms with Crippen LogP contribution < -0.4 is 0 Å². The Labute approximate surface area is 114 Å². The van der Waals surface area contributed by atoms with Gasteiger partial charge in [-0.2, -0.15) is 0 Å². The minimum absolute atomic E-state index is 0.875. The summed E-state index contributed by atoms with van der Waals surface area (Å²) in [7, 11) is 0. The summed E-state index contributed by atoms with van der Waals surface area (Å²) in [5.74, 6) is 0.969. The molecule has 0 unspecified atom stereocenters. The van der Waals surface area contributed by atoms with Crippen LogP contribution in [0.1, 0.15) is 22.6 Å². The molecule has 0 N–H and O–H groups in total. The number of aryl methyl sites for hydroxylation is 2. The number of thiophene rings is 1. The Bertz CT molecular complexity index is 743. The second-order valence-electron chi connectivity index (χ2n) is 4.91. The van der Waals surface area contributed by atoms with Crippen LogP contribution >= 0.6 is 11.3 Å². The molecule has 0 saturated carbocycles.